The molecule has 1 aromatic heterocycles. The third-order valence-corrected chi connectivity index (χ3v) is 3.92. The zero-order chi connectivity index (χ0) is 17.0. The Hall–Kier alpha value is -1.98. The van der Waals surface area contributed by atoms with Crippen molar-refractivity contribution >= 4 is 11.9 Å². The van der Waals surface area contributed by atoms with Crippen LogP contribution in [0.1, 0.15) is 37.6 Å². The highest BCUT2D eigenvalue weighted by Gasteiger charge is 2.23. The van der Waals surface area contributed by atoms with Crippen molar-refractivity contribution in [2.75, 3.05) is 32.7 Å². The smallest absolute Gasteiger partial charge is 0.317 e. The molecule has 0 atom stereocenters. The van der Waals surface area contributed by atoms with Crippen LogP contribution < -0.4 is 5.32 Å². The highest BCUT2D eigenvalue weighted by atomic mass is 16.2. The Morgan fingerprint density at radius 3 is 2.39 bits per heavy atom. The van der Waals surface area contributed by atoms with E-state index in [4.69, 9.17) is 0 Å². The first-order chi connectivity index (χ1) is 10.8. The lowest BCUT2D eigenvalue weighted by Gasteiger charge is -2.25. The van der Waals surface area contributed by atoms with Gasteiger partial charge in [0, 0.05) is 52.2 Å². The fourth-order valence-corrected chi connectivity index (χ4v) is 2.59. The molecule has 1 aliphatic rings. The van der Waals surface area contributed by atoms with Crippen LogP contribution in [0.5, 0.6) is 0 Å². The predicted octanol–water partition coefficient (Wildman–Crippen LogP) is 1.93. The second-order valence-corrected chi connectivity index (χ2v) is 7.42. The van der Waals surface area contributed by atoms with E-state index in [1.54, 1.807) is 0 Å². The predicted molar refractivity (Wildman–Crippen MR) is 90.4 cm³/mol. The van der Waals surface area contributed by atoms with Crippen LogP contribution in [0.15, 0.2) is 18.5 Å². The molecule has 1 aliphatic heterocycles. The molecule has 0 bridgehead atoms. The molecule has 1 saturated heterocycles. The third kappa shape index (κ3) is 5.01. The van der Waals surface area contributed by atoms with Crippen molar-refractivity contribution in [3.8, 4) is 0 Å². The van der Waals surface area contributed by atoms with Crippen LogP contribution in [0.3, 0.4) is 0 Å². The summed E-state index contributed by atoms with van der Waals surface area (Å²) in [5.41, 5.74) is 0.773. The van der Waals surface area contributed by atoms with Crippen LogP contribution in [0.4, 0.5) is 4.79 Å². The van der Waals surface area contributed by atoms with Crippen molar-refractivity contribution in [3.05, 3.63) is 24.0 Å². The van der Waals surface area contributed by atoms with E-state index in [0.29, 0.717) is 38.3 Å². The van der Waals surface area contributed by atoms with Gasteiger partial charge >= 0.3 is 6.03 Å². The summed E-state index contributed by atoms with van der Waals surface area (Å²) in [6, 6.07) is 1.80. The molecule has 128 valence electrons. The minimum atomic E-state index is -0.0334. The highest BCUT2D eigenvalue weighted by molar-refractivity contribution is 5.94. The van der Waals surface area contributed by atoms with Crippen molar-refractivity contribution in [1.29, 1.82) is 0 Å². The van der Waals surface area contributed by atoms with E-state index in [9.17, 15) is 9.59 Å². The number of aryl methyl sites for hydroxylation is 1. The van der Waals surface area contributed by atoms with Gasteiger partial charge in [0.1, 0.15) is 0 Å². The number of aromatic nitrogens is 1. The molecule has 1 N–H and O–H groups in total. The Bertz CT molecular complexity index is 559. The summed E-state index contributed by atoms with van der Waals surface area (Å²) in [5.74, 6) is 0.0440. The summed E-state index contributed by atoms with van der Waals surface area (Å²) in [6.07, 6.45) is 4.51. The molecule has 0 spiro atoms. The van der Waals surface area contributed by atoms with E-state index in [-0.39, 0.29) is 17.4 Å². The lowest BCUT2D eigenvalue weighted by atomic mass is 9.97. The van der Waals surface area contributed by atoms with Gasteiger partial charge in [-0.3, -0.25) is 4.79 Å². The molecule has 0 saturated carbocycles. The van der Waals surface area contributed by atoms with Gasteiger partial charge in [-0.2, -0.15) is 0 Å². The number of carbonyl (C=O) groups excluding carboxylic acids is 2. The zero-order valence-corrected chi connectivity index (χ0v) is 14.6. The van der Waals surface area contributed by atoms with Crippen molar-refractivity contribution in [2.24, 2.45) is 12.5 Å². The number of rotatable bonds is 2. The summed E-state index contributed by atoms with van der Waals surface area (Å²) >= 11 is 0. The molecule has 0 radical (unpaired) electrons. The van der Waals surface area contributed by atoms with Crippen molar-refractivity contribution in [2.45, 2.75) is 27.2 Å². The maximum atomic E-state index is 12.5. The SMILES string of the molecule is Cn1ccc(C(=O)N2CCCN(C(=O)NCC(C)(C)C)CC2)c1. The quantitative estimate of drug-likeness (QED) is 0.905. The summed E-state index contributed by atoms with van der Waals surface area (Å²) in [5, 5.41) is 2.98. The molecule has 3 amide bonds. The third-order valence-electron chi connectivity index (χ3n) is 3.92. The van der Waals surface area contributed by atoms with E-state index in [1.807, 2.05) is 39.9 Å². The topological polar surface area (TPSA) is 57.6 Å². The average molecular weight is 320 g/mol. The minimum absolute atomic E-state index is 0.0334. The van der Waals surface area contributed by atoms with Crippen LogP contribution in [0.25, 0.3) is 0 Å². The molecule has 0 aliphatic carbocycles. The first-order valence-electron chi connectivity index (χ1n) is 8.20. The maximum absolute atomic E-state index is 12.5. The molecule has 6 nitrogen and oxygen atoms in total. The van der Waals surface area contributed by atoms with Crippen LogP contribution in [0.2, 0.25) is 0 Å². The van der Waals surface area contributed by atoms with Crippen molar-refractivity contribution < 1.29 is 9.59 Å². The lowest BCUT2D eigenvalue weighted by molar-refractivity contribution is 0.0762. The molecule has 6 heteroatoms. The molecule has 2 heterocycles. The molecule has 0 unspecified atom stereocenters. The largest absolute Gasteiger partial charge is 0.356 e. The number of nitrogens with zero attached hydrogens (tertiary/aromatic N) is 3. The van der Waals surface area contributed by atoms with Gasteiger partial charge in [-0.05, 0) is 17.9 Å². The van der Waals surface area contributed by atoms with E-state index < -0.39 is 0 Å². The molecule has 1 fully saturated rings. The van der Waals surface area contributed by atoms with Crippen LogP contribution >= 0.6 is 0 Å². The second-order valence-electron chi connectivity index (χ2n) is 7.42. The number of carbonyl (C=O) groups is 2. The number of hydrogen-bond donors (Lipinski definition) is 1. The second kappa shape index (κ2) is 7.06. The van der Waals surface area contributed by atoms with Gasteiger partial charge < -0.3 is 19.7 Å². The Morgan fingerprint density at radius 1 is 1.13 bits per heavy atom. The van der Waals surface area contributed by atoms with Crippen LogP contribution in [0, 0.1) is 5.41 Å². The van der Waals surface area contributed by atoms with Crippen LogP contribution in [-0.2, 0) is 7.05 Å². The zero-order valence-electron chi connectivity index (χ0n) is 14.6. The summed E-state index contributed by atoms with van der Waals surface area (Å²) in [4.78, 5) is 28.4. The highest BCUT2D eigenvalue weighted by Crippen LogP contribution is 2.12. The number of amides is 3. The van der Waals surface area contributed by atoms with Gasteiger partial charge in [0.05, 0.1) is 5.56 Å². The molecular formula is C17H28N4O2. The maximum Gasteiger partial charge on any atom is 0.317 e. The van der Waals surface area contributed by atoms with Gasteiger partial charge in [-0.25, -0.2) is 4.79 Å². The first kappa shape index (κ1) is 17.4. The molecular weight excluding hydrogens is 292 g/mol. The Kier molecular flexibility index (Phi) is 5.34. The monoisotopic (exact) mass is 320 g/mol. The number of nitrogens with one attached hydrogen (secondary N) is 1. The van der Waals surface area contributed by atoms with Gasteiger partial charge in [-0.1, -0.05) is 20.8 Å². The van der Waals surface area contributed by atoms with E-state index in [1.165, 1.54) is 0 Å². The van der Waals surface area contributed by atoms with Gasteiger partial charge in [0.25, 0.3) is 5.91 Å². The number of hydrogen-bond acceptors (Lipinski definition) is 2. The van der Waals surface area contributed by atoms with Crippen molar-refractivity contribution in [3.63, 3.8) is 0 Å². The Morgan fingerprint density at radius 2 is 1.78 bits per heavy atom. The lowest BCUT2D eigenvalue weighted by Crippen LogP contribution is -2.44. The molecule has 2 rings (SSSR count). The Labute approximate surface area is 138 Å². The molecule has 23 heavy (non-hydrogen) atoms. The number of urea groups is 1. The molecule has 0 aromatic carbocycles. The normalized spacial score (nSPS) is 16.2. The first-order valence-corrected chi connectivity index (χ1v) is 8.20. The van der Waals surface area contributed by atoms with Crippen molar-refractivity contribution in [1.82, 2.24) is 19.7 Å². The van der Waals surface area contributed by atoms with E-state index in [0.717, 1.165) is 6.42 Å². The van der Waals surface area contributed by atoms with Gasteiger partial charge in [-0.15, -0.1) is 0 Å². The standard InChI is InChI=1S/C17H28N4O2/c1-17(2,3)13-18-16(23)21-8-5-7-20(10-11-21)15(22)14-6-9-19(4)12-14/h6,9,12H,5,7-8,10-11,13H2,1-4H3,(H,18,23). The molecule has 1 aromatic rings. The minimum Gasteiger partial charge on any atom is -0.356 e. The van der Waals surface area contributed by atoms with Crippen LogP contribution in [-0.4, -0.2) is 59.0 Å². The summed E-state index contributed by atoms with van der Waals surface area (Å²) < 4.78 is 1.87. The average Bonchev–Trinajstić information content (AvgIpc) is 2.76. The van der Waals surface area contributed by atoms with E-state index in [2.05, 4.69) is 26.1 Å². The van der Waals surface area contributed by atoms with Gasteiger partial charge in [0.2, 0.25) is 0 Å². The fourth-order valence-electron chi connectivity index (χ4n) is 2.59. The summed E-state index contributed by atoms with van der Waals surface area (Å²) in [6.45, 7) is 9.47. The van der Waals surface area contributed by atoms with Gasteiger partial charge in [0.15, 0.2) is 0 Å². The Balaban J connectivity index is 1.89. The summed E-state index contributed by atoms with van der Waals surface area (Å²) in [7, 11) is 1.90. The van der Waals surface area contributed by atoms with E-state index >= 15 is 0 Å². The fraction of sp³-hybridized carbons (Fsp3) is 0.647.